The zero-order chi connectivity index (χ0) is 14.5. The minimum absolute atomic E-state index is 0. The molecule has 21 heavy (non-hydrogen) atoms. The Balaban J connectivity index is 0.00000220. The molecule has 3 nitrogen and oxygen atoms in total. The SMILES string of the molecule is Cc1cc(OCC(O)CN2CCCC2)ccc1C(C)C.Cl. The Morgan fingerprint density at radius 3 is 2.48 bits per heavy atom. The van der Waals surface area contributed by atoms with Crippen LogP contribution >= 0.6 is 12.4 Å². The van der Waals surface area contributed by atoms with Crippen LogP contribution < -0.4 is 4.74 Å². The molecule has 1 aromatic carbocycles. The van der Waals surface area contributed by atoms with Gasteiger partial charge in [0.25, 0.3) is 0 Å². The number of benzene rings is 1. The molecule has 120 valence electrons. The molecule has 1 saturated heterocycles. The lowest BCUT2D eigenvalue weighted by Gasteiger charge is -2.20. The first kappa shape index (κ1) is 18.3. The number of aliphatic hydroxyl groups excluding tert-OH is 1. The molecule has 0 amide bonds. The van der Waals surface area contributed by atoms with Crippen LogP contribution in [0.2, 0.25) is 0 Å². The molecule has 0 spiro atoms. The van der Waals surface area contributed by atoms with Crippen molar-refractivity contribution in [3.05, 3.63) is 29.3 Å². The zero-order valence-electron chi connectivity index (χ0n) is 13.3. The summed E-state index contributed by atoms with van der Waals surface area (Å²) in [5.74, 6) is 1.39. The summed E-state index contributed by atoms with van der Waals surface area (Å²) in [6.07, 6.45) is 2.10. The first-order valence-electron chi connectivity index (χ1n) is 7.70. The van der Waals surface area contributed by atoms with E-state index < -0.39 is 6.10 Å². The number of likely N-dealkylation sites (tertiary alicyclic amines) is 1. The molecule has 0 saturated carbocycles. The third-order valence-electron chi connectivity index (χ3n) is 3.97. The van der Waals surface area contributed by atoms with Crippen LogP contribution in [-0.4, -0.2) is 42.4 Å². The lowest BCUT2D eigenvalue weighted by atomic mass is 9.98. The highest BCUT2D eigenvalue weighted by Gasteiger charge is 2.16. The molecular weight excluding hydrogens is 286 g/mol. The van der Waals surface area contributed by atoms with Gasteiger partial charge in [-0.1, -0.05) is 19.9 Å². The fourth-order valence-electron chi connectivity index (χ4n) is 2.89. The van der Waals surface area contributed by atoms with Gasteiger partial charge in [-0.15, -0.1) is 12.4 Å². The van der Waals surface area contributed by atoms with Crippen molar-refractivity contribution < 1.29 is 9.84 Å². The minimum Gasteiger partial charge on any atom is -0.491 e. The molecule has 1 unspecified atom stereocenters. The summed E-state index contributed by atoms with van der Waals surface area (Å²) in [5, 5.41) is 10.0. The largest absolute Gasteiger partial charge is 0.491 e. The molecular formula is C17H28ClNO2. The van der Waals surface area contributed by atoms with Crippen molar-refractivity contribution in [2.45, 2.75) is 45.6 Å². The highest BCUT2D eigenvalue weighted by molar-refractivity contribution is 5.85. The molecule has 0 radical (unpaired) electrons. The van der Waals surface area contributed by atoms with Crippen LogP contribution in [0.3, 0.4) is 0 Å². The van der Waals surface area contributed by atoms with E-state index in [1.165, 1.54) is 24.0 Å². The van der Waals surface area contributed by atoms with E-state index >= 15 is 0 Å². The summed E-state index contributed by atoms with van der Waals surface area (Å²) in [4.78, 5) is 2.31. The number of halogens is 1. The smallest absolute Gasteiger partial charge is 0.119 e. The molecule has 0 aliphatic carbocycles. The van der Waals surface area contributed by atoms with Crippen LogP contribution in [0.5, 0.6) is 5.75 Å². The van der Waals surface area contributed by atoms with E-state index in [2.05, 4.69) is 37.8 Å². The standard InChI is InChI=1S/C17H27NO2.ClH/c1-13(2)17-7-6-16(10-14(17)3)20-12-15(19)11-18-8-4-5-9-18;/h6-7,10,13,15,19H,4-5,8-9,11-12H2,1-3H3;1H. The van der Waals surface area contributed by atoms with Crippen molar-refractivity contribution >= 4 is 12.4 Å². The first-order valence-corrected chi connectivity index (χ1v) is 7.70. The van der Waals surface area contributed by atoms with Gasteiger partial charge in [-0.3, -0.25) is 0 Å². The molecule has 1 fully saturated rings. The van der Waals surface area contributed by atoms with Gasteiger partial charge in [0.2, 0.25) is 0 Å². The van der Waals surface area contributed by atoms with Crippen molar-refractivity contribution in [3.8, 4) is 5.75 Å². The molecule has 2 rings (SSSR count). The maximum atomic E-state index is 10.0. The van der Waals surface area contributed by atoms with E-state index in [0.29, 0.717) is 12.5 Å². The van der Waals surface area contributed by atoms with Gasteiger partial charge in [-0.2, -0.15) is 0 Å². The number of hydrogen-bond donors (Lipinski definition) is 1. The van der Waals surface area contributed by atoms with Crippen molar-refractivity contribution in [1.82, 2.24) is 4.90 Å². The summed E-state index contributed by atoms with van der Waals surface area (Å²) in [6, 6.07) is 6.20. The molecule has 1 N–H and O–H groups in total. The number of aryl methyl sites for hydroxylation is 1. The number of aliphatic hydroxyl groups is 1. The predicted molar refractivity (Wildman–Crippen MR) is 89.7 cm³/mol. The Morgan fingerprint density at radius 2 is 1.90 bits per heavy atom. The Bertz CT molecular complexity index is 431. The molecule has 1 aliphatic rings. The van der Waals surface area contributed by atoms with E-state index in [4.69, 9.17) is 4.74 Å². The molecule has 0 aromatic heterocycles. The average molecular weight is 314 g/mol. The van der Waals surface area contributed by atoms with Crippen LogP contribution in [0.1, 0.15) is 43.7 Å². The number of rotatable bonds is 6. The first-order chi connectivity index (χ1) is 9.56. The normalized spacial score (nSPS) is 16.8. The van der Waals surface area contributed by atoms with Crippen LogP contribution in [0.4, 0.5) is 0 Å². The predicted octanol–water partition coefficient (Wildman–Crippen LogP) is 3.38. The van der Waals surface area contributed by atoms with Gasteiger partial charge in [0.05, 0.1) is 0 Å². The summed E-state index contributed by atoms with van der Waals surface area (Å²) >= 11 is 0. The van der Waals surface area contributed by atoms with Crippen molar-refractivity contribution in [1.29, 1.82) is 0 Å². The van der Waals surface area contributed by atoms with Crippen molar-refractivity contribution in [2.24, 2.45) is 0 Å². The monoisotopic (exact) mass is 313 g/mol. The summed E-state index contributed by atoms with van der Waals surface area (Å²) in [6.45, 7) is 9.83. The number of nitrogens with zero attached hydrogens (tertiary/aromatic N) is 1. The fourth-order valence-corrected chi connectivity index (χ4v) is 2.89. The van der Waals surface area contributed by atoms with E-state index in [9.17, 15) is 5.11 Å². The van der Waals surface area contributed by atoms with Crippen molar-refractivity contribution in [3.63, 3.8) is 0 Å². The van der Waals surface area contributed by atoms with E-state index in [1.807, 2.05) is 6.07 Å². The maximum absolute atomic E-state index is 10.0. The van der Waals surface area contributed by atoms with Gasteiger partial charge in [0.15, 0.2) is 0 Å². The molecule has 1 heterocycles. The maximum Gasteiger partial charge on any atom is 0.119 e. The van der Waals surface area contributed by atoms with Gasteiger partial charge in [0.1, 0.15) is 18.5 Å². The Hall–Kier alpha value is -0.770. The summed E-state index contributed by atoms with van der Waals surface area (Å²) in [5.41, 5.74) is 2.61. The zero-order valence-corrected chi connectivity index (χ0v) is 14.2. The van der Waals surface area contributed by atoms with Gasteiger partial charge in [-0.05, 0) is 62.0 Å². The van der Waals surface area contributed by atoms with Gasteiger partial charge >= 0.3 is 0 Å². The molecule has 0 bridgehead atoms. The molecule has 4 heteroatoms. The fraction of sp³-hybridized carbons (Fsp3) is 0.647. The lowest BCUT2D eigenvalue weighted by Crippen LogP contribution is -2.33. The minimum atomic E-state index is -0.404. The second kappa shape index (κ2) is 8.62. The quantitative estimate of drug-likeness (QED) is 0.874. The van der Waals surface area contributed by atoms with Crippen molar-refractivity contribution in [2.75, 3.05) is 26.2 Å². The molecule has 1 aliphatic heterocycles. The number of hydrogen-bond acceptors (Lipinski definition) is 3. The van der Waals surface area contributed by atoms with Gasteiger partial charge < -0.3 is 14.7 Å². The van der Waals surface area contributed by atoms with Crippen LogP contribution in [0, 0.1) is 6.92 Å². The van der Waals surface area contributed by atoms with E-state index in [0.717, 1.165) is 25.4 Å². The molecule has 1 aromatic rings. The number of β-amino-alcohol motifs (C(OH)–C–C–N with tert-alkyl or cyclic N) is 1. The third kappa shape index (κ3) is 5.50. The van der Waals surface area contributed by atoms with Gasteiger partial charge in [-0.25, -0.2) is 0 Å². The Labute approximate surface area is 134 Å². The summed E-state index contributed by atoms with van der Waals surface area (Å²) < 4.78 is 5.72. The second-order valence-electron chi connectivity index (χ2n) is 6.15. The highest BCUT2D eigenvalue weighted by atomic mass is 35.5. The van der Waals surface area contributed by atoms with E-state index in [1.54, 1.807) is 0 Å². The topological polar surface area (TPSA) is 32.7 Å². The second-order valence-corrected chi connectivity index (χ2v) is 6.15. The van der Waals surface area contributed by atoms with Crippen LogP contribution in [-0.2, 0) is 0 Å². The average Bonchev–Trinajstić information content (AvgIpc) is 2.89. The lowest BCUT2D eigenvalue weighted by molar-refractivity contribution is 0.0758. The van der Waals surface area contributed by atoms with E-state index in [-0.39, 0.29) is 12.4 Å². The van der Waals surface area contributed by atoms with Crippen LogP contribution in [0.25, 0.3) is 0 Å². The Kier molecular flexibility index (Phi) is 7.50. The molecule has 1 atom stereocenters. The van der Waals surface area contributed by atoms with Crippen LogP contribution in [0.15, 0.2) is 18.2 Å². The Morgan fingerprint density at radius 1 is 1.24 bits per heavy atom. The number of ether oxygens (including phenoxy) is 1. The summed E-state index contributed by atoms with van der Waals surface area (Å²) in [7, 11) is 0. The van der Waals surface area contributed by atoms with Gasteiger partial charge in [0, 0.05) is 6.54 Å². The third-order valence-corrected chi connectivity index (χ3v) is 3.97. The highest BCUT2D eigenvalue weighted by Crippen LogP contribution is 2.23.